The molecule has 4 nitrogen and oxygen atoms in total. The van der Waals surface area contributed by atoms with Crippen LogP contribution in [0.15, 0.2) is 71.1 Å². The predicted molar refractivity (Wildman–Crippen MR) is 118 cm³/mol. The number of hydrogen-bond donors (Lipinski definition) is 1. The van der Waals surface area contributed by atoms with Gasteiger partial charge < -0.3 is 14.5 Å². The molecule has 148 valence electrons. The van der Waals surface area contributed by atoms with E-state index in [4.69, 9.17) is 9.15 Å². The summed E-state index contributed by atoms with van der Waals surface area (Å²) in [5, 5.41) is 5.01. The number of furan rings is 1. The molecule has 3 aromatic carbocycles. The van der Waals surface area contributed by atoms with Crippen molar-refractivity contribution in [2.24, 2.45) is 0 Å². The van der Waals surface area contributed by atoms with Gasteiger partial charge >= 0.3 is 0 Å². The predicted octanol–water partition coefficient (Wildman–Crippen LogP) is 6.29. The van der Waals surface area contributed by atoms with Crippen molar-refractivity contribution in [3.8, 4) is 5.75 Å². The van der Waals surface area contributed by atoms with Crippen LogP contribution in [0.25, 0.3) is 21.9 Å². The first kappa shape index (κ1) is 19.1. The van der Waals surface area contributed by atoms with E-state index in [2.05, 4.69) is 26.1 Å². The highest BCUT2D eigenvalue weighted by Crippen LogP contribution is 2.30. The molecule has 4 rings (SSSR count). The minimum Gasteiger partial charge on any atom is -0.481 e. The molecule has 1 atom stereocenters. The van der Waals surface area contributed by atoms with Crippen LogP contribution in [0.4, 0.5) is 5.69 Å². The van der Waals surface area contributed by atoms with Gasteiger partial charge in [-0.1, -0.05) is 51.1 Å². The summed E-state index contributed by atoms with van der Waals surface area (Å²) in [4.78, 5) is 12.6. The minimum absolute atomic E-state index is 0.0802. The van der Waals surface area contributed by atoms with Gasteiger partial charge in [0.05, 0.1) is 0 Å². The van der Waals surface area contributed by atoms with E-state index in [0.717, 1.165) is 21.9 Å². The van der Waals surface area contributed by atoms with Crippen molar-refractivity contribution in [1.82, 2.24) is 0 Å². The molecule has 0 saturated carbocycles. The van der Waals surface area contributed by atoms with Crippen molar-refractivity contribution >= 4 is 33.5 Å². The number of hydrogen-bond acceptors (Lipinski definition) is 3. The highest BCUT2D eigenvalue weighted by atomic mass is 16.5. The number of carbonyl (C=O) groups is 1. The van der Waals surface area contributed by atoms with E-state index in [1.165, 1.54) is 5.56 Å². The van der Waals surface area contributed by atoms with Crippen molar-refractivity contribution in [1.29, 1.82) is 0 Å². The Morgan fingerprint density at radius 2 is 1.62 bits per heavy atom. The quantitative estimate of drug-likeness (QED) is 0.448. The van der Waals surface area contributed by atoms with E-state index in [-0.39, 0.29) is 11.3 Å². The number of amides is 1. The minimum atomic E-state index is -0.623. The molecule has 1 N–H and O–H groups in total. The number of carbonyl (C=O) groups excluding carboxylic acids is 1. The lowest BCUT2D eigenvalue weighted by Gasteiger charge is -2.20. The first-order valence-electron chi connectivity index (χ1n) is 9.80. The molecule has 0 bridgehead atoms. The molecule has 0 unspecified atom stereocenters. The van der Waals surface area contributed by atoms with Gasteiger partial charge in [0.15, 0.2) is 6.10 Å². The van der Waals surface area contributed by atoms with E-state index in [1.807, 2.05) is 66.7 Å². The van der Waals surface area contributed by atoms with E-state index in [9.17, 15) is 4.79 Å². The van der Waals surface area contributed by atoms with Gasteiger partial charge in [0.2, 0.25) is 0 Å². The molecule has 4 heteroatoms. The Morgan fingerprint density at radius 1 is 0.931 bits per heavy atom. The van der Waals surface area contributed by atoms with Gasteiger partial charge in [-0.05, 0) is 48.2 Å². The van der Waals surface area contributed by atoms with Crippen LogP contribution in [0.1, 0.15) is 33.3 Å². The van der Waals surface area contributed by atoms with E-state index < -0.39 is 6.10 Å². The molecule has 0 aliphatic carbocycles. The molecular weight excluding hydrogens is 362 g/mol. The van der Waals surface area contributed by atoms with E-state index >= 15 is 0 Å². The van der Waals surface area contributed by atoms with Crippen LogP contribution in [0.2, 0.25) is 0 Å². The van der Waals surface area contributed by atoms with Crippen LogP contribution in [0.5, 0.6) is 5.75 Å². The third-order valence-corrected chi connectivity index (χ3v) is 5.05. The number of benzene rings is 3. The summed E-state index contributed by atoms with van der Waals surface area (Å²) in [6, 6.07) is 21.5. The SMILES string of the molecule is C[C@@H](Oc1ccc(C(C)(C)C)cc1)C(=O)Nc1ccc2c(c1)oc1ccccc12. The van der Waals surface area contributed by atoms with E-state index in [0.29, 0.717) is 11.4 Å². The van der Waals surface area contributed by atoms with Gasteiger partial charge in [0, 0.05) is 22.5 Å². The van der Waals surface area contributed by atoms with Crippen LogP contribution in [0, 0.1) is 0 Å². The number of ether oxygens (including phenoxy) is 1. The third kappa shape index (κ3) is 3.97. The second-order valence-electron chi connectivity index (χ2n) is 8.33. The first-order chi connectivity index (χ1) is 13.8. The maximum absolute atomic E-state index is 12.6. The second-order valence-corrected chi connectivity index (χ2v) is 8.33. The summed E-state index contributed by atoms with van der Waals surface area (Å²) in [7, 11) is 0. The maximum Gasteiger partial charge on any atom is 0.265 e. The fraction of sp³-hybridized carbons (Fsp3) is 0.240. The van der Waals surface area contributed by atoms with Crippen molar-refractivity contribution in [2.45, 2.75) is 39.2 Å². The average Bonchev–Trinajstić information content (AvgIpc) is 3.05. The number of nitrogens with one attached hydrogen (secondary N) is 1. The lowest BCUT2D eigenvalue weighted by atomic mass is 9.87. The van der Waals surface area contributed by atoms with Crippen molar-refractivity contribution in [3.05, 3.63) is 72.3 Å². The van der Waals surface area contributed by atoms with Crippen LogP contribution < -0.4 is 10.1 Å². The molecule has 29 heavy (non-hydrogen) atoms. The zero-order chi connectivity index (χ0) is 20.6. The van der Waals surface area contributed by atoms with Gasteiger partial charge in [-0.15, -0.1) is 0 Å². The smallest absolute Gasteiger partial charge is 0.265 e. The molecule has 1 aromatic heterocycles. The highest BCUT2D eigenvalue weighted by molar-refractivity contribution is 6.06. The van der Waals surface area contributed by atoms with Gasteiger partial charge in [-0.3, -0.25) is 4.79 Å². The van der Waals surface area contributed by atoms with Crippen molar-refractivity contribution < 1.29 is 13.9 Å². The monoisotopic (exact) mass is 387 g/mol. The zero-order valence-electron chi connectivity index (χ0n) is 17.2. The third-order valence-electron chi connectivity index (χ3n) is 5.05. The van der Waals surface area contributed by atoms with Crippen LogP contribution in [-0.4, -0.2) is 12.0 Å². The molecule has 1 heterocycles. The fourth-order valence-corrected chi connectivity index (χ4v) is 3.34. The summed E-state index contributed by atoms with van der Waals surface area (Å²) in [6.45, 7) is 8.24. The average molecular weight is 387 g/mol. The molecule has 0 spiro atoms. The summed E-state index contributed by atoms with van der Waals surface area (Å²) in [5.74, 6) is 0.466. The standard InChI is InChI=1S/C25H25NO3/c1-16(28-19-12-9-17(10-13-19)25(2,3)4)24(27)26-18-11-14-21-20-7-5-6-8-22(20)29-23(21)15-18/h5-16H,1-4H3,(H,26,27)/t16-/m1/s1. The molecule has 0 radical (unpaired) electrons. The van der Waals surface area contributed by atoms with Gasteiger partial charge in [0.25, 0.3) is 5.91 Å². The van der Waals surface area contributed by atoms with Crippen molar-refractivity contribution in [2.75, 3.05) is 5.32 Å². The Bertz CT molecular complexity index is 1170. The summed E-state index contributed by atoms with van der Waals surface area (Å²) in [6.07, 6.45) is -0.623. The summed E-state index contributed by atoms with van der Waals surface area (Å²) >= 11 is 0. The van der Waals surface area contributed by atoms with E-state index in [1.54, 1.807) is 6.92 Å². The molecule has 4 aromatic rings. The molecule has 0 fully saturated rings. The van der Waals surface area contributed by atoms with Crippen LogP contribution >= 0.6 is 0 Å². The molecular formula is C25H25NO3. The lowest BCUT2D eigenvalue weighted by molar-refractivity contribution is -0.122. The van der Waals surface area contributed by atoms with Gasteiger partial charge in [0.1, 0.15) is 16.9 Å². The Hall–Kier alpha value is -3.27. The Labute approximate surface area is 170 Å². The Balaban J connectivity index is 1.46. The van der Waals surface area contributed by atoms with Gasteiger partial charge in [-0.2, -0.15) is 0 Å². The Morgan fingerprint density at radius 3 is 2.34 bits per heavy atom. The fourth-order valence-electron chi connectivity index (χ4n) is 3.34. The van der Waals surface area contributed by atoms with Gasteiger partial charge in [-0.25, -0.2) is 0 Å². The second kappa shape index (κ2) is 7.28. The number of fused-ring (bicyclic) bond motifs is 3. The summed E-state index contributed by atoms with van der Waals surface area (Å²) < 4.78 is 11.7. The molecule has 0 saturated heterocycles. The van der Waals surface area contributed by atoms with Crippen LogP contribution in [-0.2, 0) is 10.2 Å². The topological polar surface area (TPSA) is 51.5 Å². The maximum atomic E-state index is 12.6. The van der Waals surface area contributed by atoms with Crippen molar-refractivity contribution in [3.63, 3.8) is 0 Å². The largest absolute Gasteiger partial charge is 0.481 e. The number of para-hydroxylation sites is 1. The molecule has 0 aliphatic rings. The highest BCUT2D eigenvalue weighted by Gasteiger charge is 2.17. The lowest BCUT2D eigenvalue weighted by Crippen LogP contribution is -2.30. The zero-order valence-corrected chi connectivity index (χ0v) is 17.2. The Kier molecular flexibility index (Phi) is 4.79. The normalized spacial score (nSPS) is 12.8. The number of rotatable bonds is 4. The molecule has 1 amide bonds. The first-order valence-corrected chi connectivity index (χ1v) is 9.80. The number of anilines is 1. The van der Waals surface area contributed by atoms with Crippen LogP contribution in [0.3, 0.4) is 0 Å². The molecule has 0 aliphatic heterocycles. The summed E-state index contributed by atoms with van der Waals surface area (Å²) in [5.41, 5.74) is 3.56.